The van der Waals surface area contributed by atoms with Crippen LogP contribution in [0.5, 0.6) is 5.75 Å². The van der Waals surface area contributed by atoms with Gasteiger partial charge in [-0.1, -0.05) is 0 Å². The van der Waals surface area contributed by atoms with E-state index >= 15 is 0 Å². The van der Waals surface area contributed by atoms with Crippen molar-refractivity contribution in [3.8, 4) is 5.75 Å². The summed E-state index contributed by atoms with van der Waals surface area (Å²) in [5.74, 6) is 5.16. The molecule has 20 heavy (non-hydrogen) atoms. The fraction of sp³-hybridized carbons (Fsp3) is 0.562. The summed E-state index contributed by atoms with van der Waals surface area (Å²) in [5.41, 5.74) is 8.34. The third-order valence-electron chi connectivity index (χ3n) is 5.92. The Hall–Kier alpha value is -1.71. The van der Waals surface area contributed by atoms with E-state index in [0.717, 1.165) is 40.5 Å². The number of imidazole rings is 1. The minimum atomic E-state index is 0.596. The van der Waals surface area contributed by atoms with Gasteiger partial charge in [-0.25, -0.2) is 4.98 Å². The highest BCUT2D eigenvalue weighted by atomic mass is 16.5. The zero-order valence-electron chi connectivity index (χ0n) is 11.6. The van der Waals surface area contributed by atoms with Crippen molar-refractivity contribution >= 4 is 17.0 Å². The number of nitrogens with zero attached hydrogens (tertiary/aromatic N) is 2. The molecule has 2 N–H and O–H groups in total. The maximum absolute atomic E-state index is 6.21. The number of fused-ring (bicyclic) bond motifs is 6. The van der Waals surface area contributed by atoms with Gasteiger partial charge in [0.1, 0.15) is 5.75 Å². The molecule has 3 saturated carbocycles. The summed E-state index contributed by atoms with van der Waals surface area (Å²) < 4.78 is 7.64. The van der Waals surface area contributed by atoms with Crippen LogP contribution in [-0.4, -0.2) is 16.7 Å². The van der Waals surface area contributed by atoms with E-state index in [4.69, 9.17) is 10.5 Å². The standard InChI is InChI=1S/C16H19N3O/c1-20-10-4-5-11-12(7-10)19(16(17)18-11)15-13-8-2-3-9(6-8)14(13)15/h4-5,7-9,13-15H,2-3,6H2,1H3,(H2,17,18). The molecule has 4 atom stereocenters. The third-order valence-corrected chi connectivity index (χ3v) is 5.92. The Morgan fingerprint density at radius 2 is 2.00 bits per heavy atom. The van der Waals surface area contributed by atoms with Crippen LogP contribution in [-0.2, 0) is 0 Å². The molecule has 4 nitrogen and oxygen atoms in total. The number of methoxy groups -OCH3 is 1. The van der Waals surface area contributed by atoms with Crippen molar-refractivity contribution < 1.29 is 4.74 Å². The van der Waals surface area contributed by atoms with Crippen LogP contribution in [0.2, 0.25) is 0 Å². The predicted octanol–water partition coefficient (Wildman–Crippen LogP) is 2.84. The summed E-state index contributed by atoms with van der Waals surface area (Å²) >= 11 is 0. The summed E-state index contributed by atoms with van der Waals surface area (Å²) in [6.07, 6.45) is 4.32. The summed E-state index contributed by atoms with van der Waals surface area (Å²) in [7, 11) is 1.71. The van der Waals surface area contributed by atoms with E-state index in [1.807, 2.05) is 12.1 Å². The minimum Gasteiger partial charge on any atom is -0.497 e. The van der Waals surface area contributed by atoms with Crippen LogP contribution in [0.15, 0.2) is 18.2 Å². The van der Waals surface area contributed by atoms with Crippen LogP contribution in [0.4, 0.5) is 5.95 Å². The monoisotopic (exact) mass is 269 g/mol. The van der Waals surface area contributed by atoms with Crippen molar-refractivity contribution in [2.75, 3.05) is 12.8 Å². The van der Waals surface area contributed by atoms with Gasteiger partial charge in [-0.2, -0.15) is 0 Å². The first-order chi connectivity index (χ1) is 9.78. The largest absolute Gasteiger partial charge is 0.497 e. The minimum absolute atomic E-state index is 0.596. The molecule has 1 heterocycles. The number of benzene rings is 1. The molecule has 2 bridgehead atoms. The normalized spacial score (nSPS) is 37.4. The number of nitrogen functional groups attached to an aromatic ring is 1. The number of ether oxygens (including phenoxy) is 1. The molecule has 3 aliphatic rings. The quantitative estimate of drug-likeness (QED) is 0.912. The Balaban J connectivity index is 1.64. The number of nitrogens with two attached hydrogens (primary N) is 1. The molecular weight excluding hydrogens is 250 g/mol. The number of hydrogen-bond acceptors (Lipinski definition) is 3. The Morgan fingerprint density at radius 1 is 1.25 bits per heavy atom. The first kappa shape index (κ1) is 11.0. The van der Waals surface area contributed by atoms with Gasteiger partial charge < -0.3 is 15.0 Å². The number of hydrogen-bond donors (Lipinski definition) is 1. The van der Waals surface area contributed by atoms with Crippen molar-refractivity contribution in [2.24, 2.45) is 23.7 Å². The second-order valence-electron chi connectivity index (χ2n) is 6.67. The number of rotatable bonds is 2. The molecular formula is C16H19N3O. The topological polar surface area (TPSA) is 53.1 Å². The van der Waals surface area contributed by atoms with Crippen molar-refractivity contribution in [3.05, 3.63) is 18.2 Å². The van der Waals surface area contributed by atoms with Crippen molar-refractivity contribution in [2.45, 2.75) is 25.3 Å². The van der Waals surface area contributed by atoms with Gasteiger partial charge in [-0.05, 0) is 55.1 Å². The lowest BCUT2D eigenvalue weighted by atomic mass is 10.0. The van der Waals surface area contributed by atoms with E-state index in [0.29, 0.717) is 12.0 Å². The smallest absolute Gasteiger partial charge is 0.201 e. The molecule has 3 aliphatic carbocycles. The molecule has 0 spiro atoms. The van der Waals surface area contributed by atoms with Crippen LogP contribution in [0.25, 0.3) is 11.0 Å². The first-order valence-electron chi connectivity index (χ1n) is 7.59. The molecule has 0 amide bonds. The summed E-state index contributed by atoms with van der Waals surface area (Å²) in [6, 6.07) is 6.64. The highest BCUT2D eigenvalue weighted by molar-refractivity contribution is 5.80. The summed E-state index contributed by atoms with van der Waals surface area (Å²) in [4.78, 5) is 4.53. The summed E-state index contributed by atoms with van der Waals surface area (Å²) in [6.45, 7) is 0. The van der Waals surface area contributed by atoms with Gasteiger partial charge >= 0.3 is 0 Å². The Morgan fingerprint density at radius 3 is 2.70 bits per heavy atom. The predicted molar refractivity (Wildman–Crippen MR) is 77.5 cm³/mol. The Kier molecular flexibility index (Phi) is 1.92. The molecule has 0 aliphatic heterocycles. The zero-order chi connectivity index (χ0) is 13.4. The van der Waals surface area contributed by atoms with Crippen LogP contribution in [0.3, 0.4) is 0 Å². The SMILES string of the molecule is COc1ccc2nc(N)n(C3C4C5CCC(C5)C43)c2c1. The highest BCUT2D eigenvalue weighted by Crippen LogP contribution is 2.72. The van der Waals surface area contributed by atoms with Gasteiger partial charge in [0.15, 0.2) is 0 Å². The molecule has 0 radical (unpaired) electrons. The molecule has 2 aromatic rings. The maximum atomic E-state index is 6.21. The fourth-order valence-electron chi connectivity index (χ4n) is 5.16. The van der Waals surface area contributed by atoms with E-state index in [-0.39, 0.29) is 0 Å². The van der Waals surface area contributed by atoms with Gasteiger partial charge in [0.25, 0.3) is 0 Å². The molecule has 4 unspecified atom stereocenters. The van der Waals surface area contributed by atoms with E-state index < -0.39 is 0 Å². The molecule has 5 rings (SSSR count). The highest BCUT2D eigenvalue weighted by Gasteiger charge is 2.66. The van der Waals surface area contributed by atoms with Crippen LogP contribution in [0, 0.1) is 23.7 Å². The Bertz CT molecular complexity index is 691. The number of anilines is 1. The molecule has 1 aromatic heterocycles. The second kappa shape index (κ2) is 3.48. The average molecular weight is 269 g/mol. The molecule has 4 heteroatoms. The van der Waals surface area contributed by atoms with E-state index in [1.165, 1.54) is 19.3 Å². The zero-order valence-corrected chi connectivity index (χ0v) is 11.6. The second-order valence-corrected chi connectivity index (χ2v) is 6.67. The van der Waals surface area contributed by atoms with E-state index in [9.17, 15) is 0 Å². The average Bonchev–Trinajstić information content (AvgIpc) is 2.80. The van der Waals surface area contributed by atoms with Crippen molar-refractivity contribution in [3.63, 3.8) is 0 Å². The lowest BCUT2D eigenvalue weighted by molar-refractivity contribution is 0.415. The molecule has 3 fully saturated rings. The van der Waals surface area contributed by atoms with E-state index in [2.05, 4.69) is 15.6 Å². The van der Waals surface area contributed by atoms with Crippen molar-refractivity contribution in [1.29, 1.82) is 0 Å². The van der Waals surface area contributed by atoms with E-state index in [1.54, 1.807) is 7.11 Å². The number of aromatic nitrogens is 2. The lowest BCUT2D eigenvalue weighted by Crippen LogP contribution is -2.08. The maximum Gasteiger partial charge on any atom is 0.201 e. The Labute approximate surface area is 117 Å². The van der Waals surface area contributed by atoms with Gasteiger partial charge in [-0.15, -0.1) is 0 Å². The fourth-order valence-corrected chi connectivity index (χ4v) is 5.16. The van der Waals surface area contributed by atoms with Crippen LogP contribution < -0.4 is 10.5 Å². The molecule has 1 aromatic carbocycles. The van der Waals surface area contributed by atoms with Gasteiger partial charge in [0.2, 0.25) is 5.95 Å². The molecule has 104 valence electrons. The summed E-state index contributed by atoms with van der Waals surface area (Å²) in [5, 5.41) is 0. The molecule has 0 saturated heterocycles. The van der Waals surface area contributed by atoms with Crippen LogP contribution in [0.1, 0.15) is 25.3 Å². The first-order valence-corrected chi connectivity index (χ1v) is 7.59. The van der Waals surface area contributed by atoms with Crippen molar-refractivity contribution in [1.82, 2.24) is 9.55 Å². The van der Waals surface area contributed by atoms with Gasteiger partial charge in [0.05, 0.1) is 18.1 Å². The lowest BCUT2D eigenvalue weighted by Gasteiger charge is -2.12. The van der Waals surface area contributed by atoms with Gasteiger partial charge in [-0.3, -0.25) is 0 Å². The van der Waals surface area contributed by atoms with Crippen LogP contribution >= 0.6 is 0 Å². The third kappa shape index (κ3) is 1.20. The van der Waals surface area contributed by atoms with Gasteiger partial charge in [0, 0.05) is 12.1 Å².